The van der Waals surface area contributed by atoms with Gasteiger partial charge in [-0.2, -0.15) is 0 Å². The van der Waals surface area contributed by atoms with Crippen LogP contribution >= 0.6 is 0 Å². The van der Waals surface area contributed by atoms with Gasteiger partial charge in [0, 0.05) is 18.0 Å². The summed E-state index contributed by atoms with van der Waals surface area (Å²) in [4.78, 5) is 0. The predicted molar refractivity (Wildman–Crippen MR) is 64.8 cm³/mol. The third kappa shape index (κ3) is 1.52. The summed E-state index contributed by atoms with van der Waals surface area (Å²) in [5.41, 5.74) is 2.76. The number of hydrogen-bond donors (Lipinski definition) is 1. The van der Waals surface area contributed by atoms with Crippen LogP contribution < -0.4 is 10.1 Å². The summed E-state index contributed by atoms with van der Waals surface area (Å²) < 4.78 is 5.79. The molecular formula is C14H19NO. The minimum absolute atomic E-state index is 0.488. The lowest BCUT2D eigenvalue weighted by Gasteiger charge is -2.34. The van der Waals surface area contributed by atoms with E-state index >= 15 is 0 Å². The maximum atomic E-state index is 5.79. The summed E-state index contributed by atoms with van der Waals surface area (Å²) >= 11 is 0. The van der Waals surface area contributed by atoms with E-state index < -0.39 is 0 Å². The second-order valence-electron chi connectivity index (χ2n) is 4.89. The first-order chi connectivity index (χ1) is 7.90. The Bertz CT molecular complexity index is 384. The Kier molecular flexibility index (Phi) is 2.60. The zero-order valence-corrected chi connectivity index (χ0v) is 9.83. The molecule has 0 spiro atoms. The lowest BCUT2D eigenvalue weighted by molar-refractivity contribution is 0.234. The smallest absolute Gasteiger partial charge is 0.127 e. The van der Waals surface area contributed by atoms with E-state index in [2.05, 4.69) is 30.6 Å². The molecule has 1 atom stereocenters. The molecule has 1 aromatic carbocycles. The standard InChI is InChI=1S/C14H19NO/c1-15-13(10-4-2-5-10)12-7-3-6-11-8-9-16-14(11)12/h3,6-7,10,13,15H,2,4-5,8-9H2,1H3. The molecular weight excluding hydrogens is 198 g/mol. The number of nitrogens with one attached hydrogen (secondary N) is 1. The van der Waals surface area contributed by atoms with E-state index in [-0.39, 0.29) is 0 Å². The fourth-order valence-electron chi connectivity index (χ4n) is 2.90. The molecule has 16 heavy (non-hydrogen) atoms. The molecule has 0 radical (unpaired) electrons. The summed E-state index contributed by atoms with van der Waals surface area (Å²) in [5.74, 6) is 1.97. The van der Waals surface area contributed by atoms with Crippen molar-refractivity contribution in [1.82, 2.24) is 5.32 Å². The molecule has 0 aromatic heterocycles. The molecule has 0 saturated heterocycles. The summed E-state index contributed by atoms with van der Waals surface area (Å²) in [6, 6.07) is 7.08. The van der Waals surface area contributed by atoms with Crippen LogP contribution in [0.5, 0.6) is 5.75 Å². The molecule has 1 aliphatic carbocycles. The van der Waals surface area contributed by atoms with Crippen molar-refractivity contribution in [3.8, 4) is 5.75 Å². The van der Waals surface area contributed by atoms with Gasteiger partial charge in [-0.15, -0.1) is 0 Å². The van der Waals surface area contributed by atoms with Gasteiger partial charge in [-0.3, -0.25) is 0 Å². The van der Waals surface area contributed by atoms with Crippen molar-refractivity contribution in [2.45, 2.75) is 31.7 Å². The van der Waals surface area contributed by atoms with E-state index in [0.717, 1.165) is 24.7 Å². The van der Waals surface area contributed by atoms with Gasteiger partial charge >= 0.3 is 0 Å². The van der Waals surface area contributed by atoms with E-state index in [1.165, 1.54) is 30.4 Å². The molecule has 2 heteroatoms. The molecule has 1 aromatic rings. The monoisotopic (exact) mass is 217 g/mol. The highest BCUT2D eigenvalue weighted by Gasteiger charge is 2.30. The average Bonchev–Trinajstić information content (AvgIpc) is 2.70. The highest BCUT2D eigenvalue weighted by atomic mass is 16.5. The van der Waals surface area contributed by atoms with E-state index in [1.807, 2.05) is 0 Å². The Balaban J connectivity index is 1.95. The molecule has 2 aliphatic rings. The zero-order valence-electron chi connectivity index (χ0n) is 9.83. The molecule has 1 heterocycles. The van der Waals surface area contributed by atoms with Crippen molar-refractivity contribution in [2.24, 2.45) is 5.92 Å². The number of ether oxygens (including phenoxy) is 1. The maximum Gasteiger partial charge on any atom is 0.127 e. The number of para-hydroxylation sites is 1. The molecule has 0 amide bonds. The van der Waals surface area contributed by atoms with E-state index in [0.29, 0.717) is 6.04 Å². The summed E-state index contributed by atoms with van der Waals surface area (Å²) in [6.07, 6.45) is 5.17. The van der Waals surface area contributed by atoms with Crippen LogP contribution in [0.15, 0.2) is 18.2 Å². The van der Waals surface area contributed by atoms with Crippen LogP contribution in [0.4, 0.5) is 0 Å². The van der Waals surface area contributed by atoms with Crippen molar-refractivity contribution < 1.29 is 4.74 Å². The normalized spacial score (nSPS) is 21.1. The van der Waals surface area contributed by atoms with Gasteiger partial charge in [-0.1, -0.05) is 24.6 Å². The first-order valence-electron chi connectivity index (χ1n) is 6.32. The molecule has 1 fully saturated rings. The summed E-state index contributed by atoms with van der Waals surface area (Å²) in [5, 5.41) is 3.47. The van der Waals surface area contributed by atoms with Crippen LogP contribution in [0.25, 0.3) is 0 Å². The molecule has 2 nitrogen and oxygen atoms in total. The van der Waals surface area contributed by atoms with Gasteiger partial charge in [-0.25, -0.2) is 0 Å². The van der Waals surface area contributed by atoms with E-state index in [1.54, 1.807) is 0 Å². The lowest BCUT2D eigenvalue weighted by atomic mass is 9.77. The van der Waals surface area contributed by atoms with Crippen molar-refractivity contribution in [3.05, 3.63) is 29.3 Å². The average molecular weight is 217 g/mol. The Morgan fingerprint density at radius 1 is 1.38 bits per heavy atom. The summed E-state index contributed by atoms with van der Waals surface area (Å²) in [6.45, 7) is 0.855. The predicted octanol–water partition coefficient (Wildman–Crippen LogP) is 2.68. The van der Waals surface area contributed by atoms with Crippen molar-refractivity contribution in [1.29, 1.82) is 0 Å². The first-order valence-corrected chi connectivity index (χ1v) is 6.32. The molecule has 1 unspecified atom stereocenters. The molecule has 1 saturated carbocycles. The van der Waals surface area contributed by atoms with Crippen molar-refractivity contribution >= 4 is 0 Å². The second-order valence-corrected chi connectivity index (χ2v) is 4.89. The van der Waals surface area contributed by atoms with Crippen LogP contribution in [0.1, 0.15) is 36.4 Å². The van der Waals surface area contributed by atoms with E-state index in [4.69, 9.17) is 4.74 Å². The van der Waals surface area contributed by atoms with Crippen LogP contribution in [0, 0.1) is 5.92 Å². The van der Waals surface area contributed by atoms with Gasteiger partial charge < -0.3 is 10.1 Å². The first kappa shape index (κ1) is 10.2. The number of benzene rings is 1. The van der Waals surface area contributed by atoms with Gasteiger partial charge in [0.05, 0.1) is 6.61 Å². The van der Waals surface area contributed by atoms with Crippen LogP contribution in [0.2, 0.25) is 0 Å². The van der Waals surface area contributed by atoms with Crippen LogP contribution in [-0.2, 0) is 6.42 Å². The van der Waals surface area contributed by atoms with Crippen molar-refractivity contribution in [3.63, 3.8) is 0 Å². The highest BCUT2D eigenvalue weighted by molar-refractivity contribution is 5.46. The Morgan fingerprint density at radius 2 is 2.25 bits per heavy atom. The van der Waals surface area contributed by atoms with Gasteiger partial charge in [0.15, 0.2) is 0 Å². The minimum atomic E-state index is 0.488. The third-order valence-corrected chi connectivity index (χ3v) is 4.01. The van der Waals surface area contributed by atoms with E-state index in [9.17, 15) is 0 Å². The topological polar surface area (TPSA) is 21.3 Å². The zero-order chi connectivity index (χ0) is 11.0. The summed E-state index contributed by atoms with van der Waals surface area (Å²) in [7, 11) is 2.07. The quantitative estimate of drug-likeness (QED) is 0.840. The molecule has 86 valence electrons. The SMILES string of the molecule is CNC(c1cccc2c1OCC2)C1CCC1. The number of hydrogen-bond acceptors (Lipinski definition) is 2. The van der Waals surface area contributed by atoms with Crippen LogP contribution in [-0.4, -0.2) is 13.7 Å². The van der Waals surface area contributed by atoms with Gasteiger partial charge in [-0.05, 0) is 31.4 Å². The highest BCUT2D eigenvalue weighted by Crippen LogP contribution is 2.42. The van der Waals surface area contributed by atoms with Gasteiger partial charge in [0.1, 0.15) is 5.75 Å². The largest absolute Gasteiger partial charge is 0.493 e. The number of fused-ring (bicyclic) bond motifs is 1. The Labute approximate surface area is 97.0 Å². The molecule has 1 N–H and O–H groups in total. The van der Waals surface area contributed by atoms with Gasteiger partial charge in [0.25, 0.3) is 0 Å². The second kappa shape index (κ2) is 4.10. The fraction of sp³-hybridized carbons (Fsp3) is 0.571. The lowest BCUT2D eigenvalue weighted by Crippen LogP contribution is -2.30. The van der Waals surface area contributed by atoms with Crippen LogP contribution in [0.3, 0.4) is 0 Å². The third-order valence-electron chi connectivity index (χ3n) is 4.01. The Morgan fingerprint density at radius 3 is 2.94 bits per heavy atom. The van der Waals surface area contributed by atoms with Gasteiger partial charge in [0.2, 0.25) is 0 Å². The molecule has 1 aliphatic heterocycles. The molecule has 0 bridgehead atoms. The minimum Gasteiger partial charge on any atom is -0.493 e. The Hall–Kier alpha value is -1.02. The van der Waals surface area contributed by atoms with Crippen molar-refractivity contribution in [2.75, 3.05) is 13.7 Å². The molecule has 3 rings (SSSR count). The maximum absolute atomic E-state index is 5.79. The number of rotatable bonds is 3. The fourth-order valence-corrected chi connectivity index (χ4v) is 2.90.